The molecule has 0 unspecified atom stereocenters. The number of aliphatic hydroxyl groups is 1. The fourth-order valence-corrected chi connectivity index (χ4v) is 3.95. The molecule has 0 amide bonds. The van der Waals surface area contributed by atoms with Gasteiger partial charge in [0.05, 0.1) is 11.4 Å². The van der Waals surface area contributed by atoms with Crippen LogP contribution in [0.25, 0.3) is 0 Å². The van der Waals surface area contributed by atoms with Gasteiger partial charge in [0.1, 0.15) is 0 Å². The zero-order chi connectivity index (χ0) is 13.7. The normalized spacial score (nSPS) is 13.6. The number of nitrogens with zero attached hydrogens (tertiary/aromatic N) is 1. The van der Waals surface area contributed by atoms with Gasteiger partial charge in [0, 0.05) is 13.1 Å². The minimum atomic E-state index is -3.26. The van der Waals surface area contributed by atoms with Gasteiger partial charge in [-0.15, -0.1) is 0 Å². The van der Waals surface area contributed by atoms with Crippen molar-refractivity contribution in [2.75, 3.05) is 18.8 Å². The summed E-state index contributed by atoms with van der Waals surface area (Å²) in [5.74, 6) is 0.389. The molecule has 0 aromatic heterocycles. The van der Waals surface area contributed by atoms with E-state index in [0.717, 1.165) is 12.8 Å². The van der Waals surface area contributed by atoms with Crippen LogP contribution in [-0.2, 0) is 10.0 Å². The van der Waals surface area contributed by atoms with Crippen molar-refractivity contribution in [1.29, 1.82) is 0 Å². The molecule has 104 valence electrons. The summed E-state index contributed by atoms with van der Waals surface area (Å²) in [6.07, 6.45) is 1.74. The lowest BCUT2D eigenvalue weighted by Gasteiger charge is -2.28. The summed E-state index contributed by atoms with van der Waals surface area (Å²) in [6.45, 7) is 9.64. The predicted molar refractivity (Wildman–Crippen MR) is 71.4 cm³/mol. The lowest BCUT2D eigenvalue weighted by atomic mass is 10.1. The Bertz CT molecular complexity index is 302. The molecule has 0 heterocycles. The first-order chi connectivity index (χ1) is 7.66. The number of sulfonamides is 1. The quantitative estimate of drug-likeness (QED) is 0.728. The lowest BCUT2D eigenvalue weighted by Crippen LogP contribution is -2.43. The van der Waals surface area contributed by atoms with Crippen LogP contribution < -0.4 is 0 Å². The number of likely N-dealkylation sites (N-methyl/N-ethyl adjacent to an activating group) is 1. The van der Waals surface area contributed by atoms with Crippen molar-refractivity contribution < 1.29 is 13.5 Å². The molecule has 5 heteroatoms. The Balaban J connectivity index is 4.76. The third kappa shape index (κ3) is 6.38. The van der Waals surface area contributed by atoms with E-state index >= 15 is 0 Å². The van der Waals surface area contributed by atoms with Crippen LogP contribution in [0.3, 0.4) is 0 Å². The second kappa shape index (κ2) is 6.71. The third-order valence-corrected chi connectivity index (χ3v) is 4.98. The SMILES string of the molecule is CCC(CC)CS(=O)(=O)N(CC)CC(C)(C)O. The van der Waals surface area contributed by atoms with Crippen molar-refractivity contribution in [3.63, 3.8) is 0 Å². The summed E-state index contributed by atoms with van der Waals surface area (Å²) in [4.78, 5) is 0. The zero-order valence-electron chi connectivity index (χ0n) is 11.7. The molecule has 1 N–H and O–H groups in total. The van der Waals surface area contributed by atoms with Crippen LogP contribution in [0.5, 0.6) is 0 Å². The zero-order valence-corrected chi connectivity index (χ0v) is 12.5. The minimum Gasteiger partial charge on any atom is -0.389 e. The Hall–Kier alpha value is -0.130. The average molecular weight is 265 g/mol. The van der Waals surface area contributed by atoms with E-state index in [1.807, 2.05) is 13.8 Å². The minimum absolute atomic E-state index is 0.159. The summed E-state index contributed by atoms with van der Waals surface area (Å²) in [5, 5.41) is 9.72. The Morgan fingerprint density at radius 1 is 1.18 bits per heavy atom. The molecule has 0 bridgehead atoms. The van der Waals surface area contributed by atoms with Gasteiger partial charge in [-0.2, -0.15) is 4.31 Å². The molecule has 0 aliphatic carbocycles. The Morgan fingerprint density at radius 3 is 1.94 bits per heavy atom. The van der Waals surface area contributed by atoms with Gasteiger partial charge in [0.15, 0.2) is 0 Å². The molecular weight excluding hydrogens is 238 g/mol. The molecular formula is C12H27NO3S. The molecule has 17 heavy (non-hydrogen) atoms. The summed E-state index contributed by atoms with van der Waals surface area (Å²) in [5.41, 5.74) is -0.989. The lowest BCUT2D eigenvalue weighted by molar-refractivity contribution is 0.0600. The van der Waals surface area contributed by atoms with Crippen molar-refractivity contribution in [3.8, 4) is 0 Å². The summed E-state index contributed by atoms with van der Waals surface area (Å²) in [6, 6.07) is 0. The molecule has 0 saturated heterocycles. The van der Waals surface area contributed by atoms with Crippen LogP contribution in [0, 0.1) is 5.92 Å². The fourth-order valence-electron chi connectivity index (χ4n) is 1.77. The summed E-state index contributed by atoms with van der Waals surface area (Å²) >= 11 is 0. The van der Waals surface area contributed by atoms with Gasteiger partial charge in [-0.05, 0) is 19.8 Å². The van der Waals surface area contributed by atoms with Crippen LogP contribution in [0.4, 0.5) is 0 Å². The topological polar surface area (TPSA) is 57.6 Å². The van der Waals surface area contributed by atoms with Gasteiger partial charge >= 0.3 is 0 Å². The van der Waals surface area contributed by atoms with E-state index in [4.69, 9.17) is 0 Å². The van der Waals surface area contributed by atoms with Crippen LogP contribution in [0.1, 0.15) is 47.5 Å². The molecule has 0 aliphatic heterocycles. The molecule has 0 radical (unpaired) electrons. The Morgan fingerprint density at radius 2 is 1.65 bits per heavy atom. The van der Waals surface area contributed by atoms with Gasteiger partial charge < -0.3 is 5.11 Å². The summed E-state index contributed by atoms with van der Waals surface area (Å²) < 4.78 is 25.7. The van der Waals surface area contributed by atoms with Crippen LogP contribution in [0.15, 0.2) is 0 Å². The highest BCUT2D eigenvalue weighted by Gasteiger charge is 2.28. The fraction of sp³-hybridized carbons (Fsp3) is 1.00. The maximum Gasteiger partial charge on any atom is 0.214 e. The average Bonchev–Trinajstić information content (AvgIpc) is 2.21. The van der Waals surface area contributed by atoms with E-state index in [1.165, 1.54) is 4.31 Å². The second-order valence-electron chi connectivity index (χ2n) is 5.20. The highest BCUT2D eigenvalue weighted by Crippen LogP contribution is 2.16. The van der Waals surface area contributed by atoms with E-state index < -0.39 is 15.6 Å². The van der Waals surface area contributed by atoms with Crippen LogP contribution in [-0.4, -0.2) is 42.3 Å². The predicted octanol–water partition coefficient (Wildman–Crippen LogP) is 1.85. The first-order valence-electron chi connectivity index (χ1n) is 6.36. The van der Waals surface area contributed by atoms with Crippen LogP contribution in [0.2, 0.25) is 0 Å². The maximum absolute atomic E-state index is 12.2. The van der Waals surface area contributed by atoms with Crippen molar-refractivity contribution in [2.45, 2.75) is 53.1 Å². The number of rotatable bonds is 8. The Labute approximate surface area is 106 Å². The van der Waals surface area contributed by atoms with Crippen molar-refractivity contribution >= 4 is 10.0 Å². The molecule has 0 rings (SSSR count). The first kappa shape index (κ1) is 16.9. The van der Waals surface area contributed by atoms with Crippen LogP contribution >= 0.6 is 0 Å². The van der Waals surface area contributed by atoms with E-state index in [-0.39, 0.29) is 18.2 Å². The molecule has 0 aromatic rings. The van der Waals surface area contributed by atoms with Gasteiger partial charge in [0.25, 0.3) is 0 Å². The standard InChI is InChI=1S/C12H27NO3S/c1-6-11(7-2)9-17(15,16)13(8-3)10-12(4,5)14/h11,14H,6-10H2,1-5H3. The van der Waals surface area contributed by atoms with Gasteiger partial charge in [-0.1, -0.05) is 33.6 Å². The maximum atomic E-state index is 12.2. The highest BCUT2D eigenvalue weighted by molar-refractivity contribution is 7.89. The largest absolute Gasteiger partial charge is 0.389 e. The van der Waals surface area contributed by atoms with E-state index in [1.54, 1.807) is 20.8 Å². The highest BCUT2D eigenvalue weighted by atomic mass is 32.2. The van der Waals surface area contributed by atoms with E-state index in [0.29, 0.717) is 6.54 Å². The first-order valence-corrected chi connectivity index (χ1v) is 7.97. The van der Waals surface area contributed by atoms with Gasteiger partial charge in [0.2, 0.25) is 10.0 Å². The molecule has 0 aliphatic rings. The number of hydrogen-bond donors (Lipinski definition) is 1. The van der Waals surface area contributed by atoms with E-state index in [2.05, 4.69) is 0 Å². The smallest absolute Gasteiger partial charge is 0.214 e. The molecule has 0 spiro atoms. The third-order valence-electron chi connectivity index (χ3n) is 2.91. The van der Waals surface area contributed by atoms with Gasteiger partial charge in [-0.25, -0.2) is 8.42 Å². The molecule has 0 aromatic carbocycles. The van der Waals surface area contributed by atoms with Gasteiger partial charge in [-0.3, -0.25) is 0 Å². The Kier molecular flexibility index (Phi) is 6.66. The van der Waals surface area contributed by atoms with Crippen molar-refractivity contribution in [1.82, 2.24) is 4.31 Å². The van der Waals surface area contributed by atoms with Crippen molar-refractivity contribution in [2.24, 2.45) is 5.92 Å². The monoisotopic (exact) mass is 265 g/mol. The molecule has 0 fully saturated rings. The summed E-state index contributed by atoms with van der Waals surface area (Å²) in [7, 11) is -3.26. The molecule has 0 saturated carbocycles. The second-order valence-corrected chi connectivity index (χ2v) is 7.21. The van der Waals surface area contributed by atoms with E-state index in [9.17, 15) is 13.5 Å². The van der Waals surface area contributed by atoms with Crippen molar-refractivity contribution in [3.05, 3.63) is 0 Å². The molecule has 0 atom stereocenters. The number of hydrogen-bond acceptors (Lipinski definition) is 3. The molecule has 4 nitrogen and oxygen atoms in total.